The normalized spacial score (nSPS) is 11.1. The molecule has 0 saturated heterocycles. The van der Waals surface area contributed by atoms with Crippen LogP contribution in [0.1, 0.15) is 19.5 Å². The number of halogens is 2. The second-order valence-corrected chi connectivity index (χ2v) is 6.45. The lowest BCUT2D eigenvalue weighted by molar-refractivity contribution is 0.634. The summed E-state index contributed by atoms with van der Waals surface area (Å²) >= 11 is 11.1. The molecule has 0 unspecified atom stereocenters. The maximum absolute atomic E-state index is 6.03. The Balaban J connectivity index is 2.37. The van der Waals surface area contributed by atoms with Gasteiger partial charge in [-0.25, -0.2) is 9.97 Å². The molecule has 0 amide bonds. The average molecular weight is 332 g/mol. The number of hydrogen-bond acceptors (Lipinski definition) is 3. The summed E-state index contributed by atoms with van der Waals surface area (Å²) in [6.07, 6.45) is 0.918. The van der Waals surface area contributed by atoms with Crippen LogP contribution in [-0.2, 0) is 6.42 Å². The Morgan fingerprint density at radius 2 is 2.12 bits per heavy atom. The molecule has 0 N–H and O–H groups in total. The number of thiophene rings is 1. The van der Waals surface area contributed by atoms with Crippen LogP contribution in [0.4, 0.5) is 0 Å². The molecule has 2 heterocycles. The van der Waals surface area contributed by atoms with E-state index in [1.807, 2.05) is 17.5 Å². The molecule has 2 aromatic rings. The van der Waals surface area contributed by atoms with Crippen molar-refractivity contribution >= 4 is 38.9 Å². The lowest BCUT2D eigenvalue weighted by atomic mass is 10.1. The van der Waals surface area contributed by atoms with Crippen molar-refractivity contribution in [1.29, 1.82) is 0 Å². The first-order valence-electron chi connectivity index (χ1n) is 5.32. The molecule has 17 heavy (non-hydrogen) atoms. The molecule has 0 saturated carbocycles. The van der Waals surface area contributed by atoms with E-state index < -0.39 is 0 Å². The van der Waals surface area contributed by atoms with Crippen LogP contribution in [0.5, 0.6) is 0 Å². The standard InChI is InChI=1S/C12H12BrClN2S/c1-7(2)3-9-5-11(14)16-12(15-9)10-4-8(13)6-17-10/h4-7H,3H2,1-2H3. The summed E-state index contributed by atoms with van der Waals surface area (Å²) in [6.45, 7) is 4.33. The molecule has 0 aromatic carbocycles. The lowest BCUT2D eigenvalue weighted by Gasteiger charge is -2.06. The molecule has 0 aliphatic rings. The van der Waals surface area contributed by atoms with Crippen LogP contribution >= 0.6 is 38.9 Å². The number of aromatic nitrogens is 2. The predicted molar refractivity (Wildman–Crippen MR) is 76.6 cm³/mol. The summed E-state index contributed by atoms with van der Waals surface area (Å²) in [5, 5.41) is 2.53. The van der Waals surface area contributed by atoms with Crippen molar-refractivity contribution in [2.75, 3.05) is 0 Å². The molecule has 0 bridgehead atoms. The van der Waals surface area contributed by atoms with Gasteiger partial charge in [0.1, 0.15) is 5.15 Å². The molecule has 0 atom stereocenters. The zero-order chi connectivity index (χ0) is 12.4. The summed E-state index contributed by atoms with van der Waals surface area (Å²) in [5.41, 5.74) is 1.000. The van der Waals surface area contributed by atoms with Crippen LogP contribution in [0.25, 0.3) is 10.7 Å². The number of nitrogens with zero attached hydrogens (tertiary/aromatic N) is 2. The van der Waals surface area contributed by atoms with Crippen LogP contribution in [0, 0.1) is 5.92 Å². The van der Waals surface area contributed by atoms with E-state index in [-0.39, 0.29) is 0 Å². The third kappa shape index (κ3) is 3.50. The van der Waals surface area contributed by atoms with Crippen LogP contribution in [-0.4, -0.2) is 9.97 Å². The van der Waals surface area contributed by atoms with E-state index in [2.05, 4.69) is 39.7 Å². The van der Waals surface area contributed by atoms with Gasteiger partial charge in [0.2, 0.25) is 0 Å². The minimum atomic E-state index is 0.509. The fourth-order valence-corrected chi connectivity index (χ4v) is 3.09. The van der Waals surface area contributed by atoms with E-state index in [0.29, 0.717) is 16.9 Å². The first kappa shape index (κ1) is 13.0. The van der Waals surface area contributed by atoms with Gasteiger partial charge in [-0.15, -0.1) is 11.3 Å². The Bertz CT molecular complexity index is 525. The molecule has 0 radical (unpaired) electrons. The summed E-state index contributed by atoms with van der Waals surface area (Å²) in [6, 6.07) is 3.85. The van der Waals surface area contributed by atoms with Crippen molar-refractivity contribution in [2.45, 2.75) is 20.3 Å². The minimum absolute atomic E-state index is 0.509. The quantitative estimate of drug-likeness (QED) is 0.754. The highest BCUT2D eigenvalue weighted by molar-refractivity contribution is 9.10. The van der Waals surface area contributed by atoms with E-state index >= 15 is 0 Å². The van der Waals surface area contributed by atoms with Crippen LogP contribution in [0.2, 0.25) is 5.15 Å². The van der Waals surface area contributed by atoms with Gasteiger partial charge in [0.15, 0.2) is 5.82 Å². The Morgan fingerprint density at radius 3 is 2.71 bits per heavy atom. The highest BCUT2D eigenvalue weighted by Gasteiger charge is 2.09. The molecule has 2 rings (SSSR count). The molecule has 2 nitrogen and oxygen atoms in total. The van der Waals surface area contributed by atoms with Crippen LogP contribution in [0.15, 0.2) is 22.0 Å². The van der Waals surface area contributed by atoms with Crippen molar-refractivity contribution in [3.05, 3.63) is 32.8 Å². The molecule has 0 aliphatic heterocycles. The first-order valence-corrected chi connectivity index (χ1v) is 7.37. The molecule has 90 valence electrons. The molecule has 5 heteroatoms. The number of hydrogen-bond donors (Lipinski definition) is 0. The topological polar surface area (TPSA) is 25.8 Å². The summed E-state index contributed by atoms with van der Waals surface area (Å²) in [7, 11) is 0. The van der Waals surface area contributed by atoms with Gasteiger partial charge < -0.3 is 0 Å². The molecular weight excluding hydrogens is 320 g/mol. The van der Waals surface area contributed by atoms with E-state index in [4.69, 9.17) is 11.6 Å². The van der Waals surface area contributed by atoms with Crippen molar-refractivity contribution in [2.24, 2.45) is 5.92 Å². The lowest BCUT2D eigenvalue weighted by Crippen LogP contribution is -2.00. The van der Waals surface area contributed by atoms with Gasteiger partial charge in [0, 0.05) is 15.5 Å². The van der Waals surface area contributed by atoms with Gasteiger partial charge in [-0.3, -0.25) is 0 Å². The first-order chi connectivity index (χ1) is 8.04. The van der Waals surface area contributed by atoms with Gasteiger partial charge >= 0.3 is 0 Å². The van der Waals surface area contributed by atoms with Crippen LogP contribution < -0.4 is 0 Å². The fourth-order valence-electron chi connectivity index (χ4n) is 1.53. The van der Waals surface area contributed by atoms with Gasteiger partial charge in [-0.1, -0.05) is 25.4 Å². The Labute approximate surface area is 118 Å². The molecule has 0 fully saturated rings. The zero-order valence-electron chi connectivity index (χ0n) is 9.58. The largest absolute Gasteiger partial charge is 0.232 e. The third-order valence-electron chi connectivity index (χ3n) is 2.15. The van der Waals surface area contributed by atoms with Gasteiger partial charge in [-0.2, -0.15) is 0 Å². The van der Waals surface area contributed by atoms with Gasteiger partial charge in [0.05, 0.1) is 4.88 Å². The molecular formula is C12H12BrClN2S. The maximum atomic E-state index is 6.03. The van der Waals surface area contributed by atoms with Crippen molar-refractivity contribution in [1.82, 2.24) is 9.97 Å². The highest BCUT2D eigenvalue weighted by Crippen LogP contribution is 2.28. The SMILES string of the molecule is CC(C)Cc1cc(Cl)nc(-c2cc(Br)cs2)n1. The monoisotopic (exact) mass is 330 g/mol. The number of rotatable bonds is 3. The van der Waals surface area contributed by atoms with Crippen molar-refractivity contribution in [3.8, 4) is 10.7 Å². The second kappa shape index (κ2) is 5.46. The van der Waals surface area contributed by atoms with E-state index in [9.17, 15) is 0 Å². The summed E-state index contributed by atoms with van der Waals surface area (Å²) < 4.78 is 1.05. The van der Waals surface area contributed by atoms with Gasteiger partial charge in [-0.05, 0) is 40.4 Å². The van der Waals surface area contributed by atoms with Crippen LogP contribution in [0.3, 0.4) is 0 Å². The molecule has 2 aromatic heterocycles. The minimum Gasteiger partial charge on any atom is -0.232 e. The second-order valence-electron chi connectivity index (χ2n) is 4.23. The summed E-state index contributed by atoms with van der Waals surface area (Å²) in [5.74, 6) is 1.27. The van der Waals surface area contributed by atoms with E-state index in [1.165, 1.54) is 0 Å². The highest BCUT2D eigenvalue weighted by atomic mass is 79.9. The zero-order valence-corrected chi connectivity index (χ0v) is 12.7. The Hall–Kier alpha value is -0.450. The maximum Gasteiger partial charge on any atom is 0.171 e. The smallest absolute Gasteiger partial charge is 0.171 e. The summed E-state index contributed by atoms with van der Waals surface area (Å²) in [4.78, 5) is 9.85. The predicted octanol–water partition coefficient (Wildman–Crippen LogP) is 4.82. The Morgan fingerprint density at radius 1 is 1.35 bits per heavy atom. The van der Waals surface area contributed by atoms with Crippen molar-refractivity contribution < 1.29 is 0 Å². The third-order valence-corrected chi connectivity index (χ3v) is 4.03. The average Bonchev–Trinajstić information content (AvgIpc) is 2.62. The van der Waals surface area contributed by atoms with Gasteiger partial charge in [0.25, 0.3) is 0 Å². The Kier molecular flexibility index (Phi) is 4.17. The van der Waals surface area contributed by atoms with E-state index in [1.54, 1.807) is 11.3 Å². The fraction of sp³-hybridized carbons (Fsp3) is 0.333. The van der Waals surface area contributed by atoms with E-state index in [0.717, 1.165) is 21.5 Å². The van der Waals surface area contributed by atoms with Crippen molar-refractivity contribution in [3.63, 3.8) is 0 Å². The molecule has 0 aliphatic carbocycles. The molecule has 0 spiro atoms.